The van der Waals surface area contributed by atoms with Gasteiger partial charge in [-0.25, -0.2) is 0 Å². The first-order chi connectivity index (χ1) is 8.13. The van der Waals surface area contributed by atoms with Crippen molar-refractivity contribution in [3.8, 4) is 0 Å². The summed E-state index contributed by atoms with van der Waals surface area (Å²) in [5.74, 6) is 0. The summed E-state index contributed by atoms with van der Waals surface area (Å²) < 4.78 is 7.45. The molecule has 1 aliphatic rings. The molecule has 0 aromatic carbocycles. The summed E-state index contributed by atoms with van der Waals surface area (Å²) in [5, 5.41) is 0.615. The van der Waals surface area contributed by atoms with E-state index in [2.05, 4.69) is 22.0 Å². The molecule has 2 rings (SSSR count). The van der Waals surface area contributed by atoms with Crippen molar-refractivity contribution in [3.63, 3.8) is 0 Å². The number of ether oxygens (including phenoxy) is 1. The number of aryl methyl sites for hydroxylation is 2. The van der Waals surface area contributed by atoms with Crippen molar-refractivity contribution in [1.82, 2.24) is 4.57 Å². The highest BCUT2D eigenvalue weighted by atomic mass is 79.9. The van der Waals surface area contributed by atoms with E-state index in [1.807, 2.05) is 18.4 Å². The standard InChI is InChI=1S/C13H18BrNO2/c1-9-6-10(2)15(13(16)12(9)7-14)8-11-4-3-5-17-11/h6,11H,3-5,7-8H2,1-2H3. The number of pyridine rings is 1. The fraction of sp³-hybridized carbons (Fsp3) is 0.615. The molecular formula is C13H18BrNO2. The molecule has 1 aliphatic heterocycles. The summed E-state index contributed by atoms with van der Waals surface area (Å²) in [7, 11) is 0. The van der Waals surface area contributed by atoms with Crippen LogP contribution < -0.4 is 5.56 Å². The minimum Gasteiger partial charge on any atom is -0.376 e. The summed E-state index contributed by atoms with van der Waals surface area (Å²) in [4.78, 5) is 12.3. The Kier molecular flexibility index (Phi) is 4.05. The molecule has 0 amide bonds. The van der Waals surface area contributed by atoms with E-state index in [0.29, 0.717) is 11.9 Å². The Labute approximate surface area is 110 Å². The maximum Gasteiger partial charge on any atom is 0.255 e. The number of hydrogen-bond donors (Lipinski definition) is 0. The average molecular weight is 300 g/mol. The zero-order chi connectivity index (χ0) is 12.4. The van der Waals surface area contributed by atoms with Crippen LogP contribution in [0.25, 0.3) is 0 Å². The van der Waals surface area contributed by atoms with Crippen molar-refractivity contribution in [2.45, 2.75) is 44.7 Å². The third-order valence-corrected chi connectivity index (χ3v) is 3.94. The highest BCUT2D eigenvalue weighted by Crippen LogP contribution is 2.15. The molecular weight excluding hydrogens is 282 g/mol. The fourth-order valence-corrected chi connectivity index (χ4v) is 3.03. The van der Waals surface area contributed by atoms with Crippen molar-refractivity contribution in [2.24, 2.45) is 0 Å². The molecule has 0 radical (unpaired) electrons. The first-order valence-corrected chi connectivity index (χ1v) is 7.13. The summed E-state index contributed by atoms with van der Waals surface area (Å²) in [6.45, 7) is 5.49. The van der Waals surface area contributed by atoms with Gasteiger partial charge in [-0.15, -0.1) is 0 Å². The third-order valence-electron chi connectivity index (χ3n) is 3.37. The summed E-state index contributed by atoms with van der Waals surface area (Å²) in [6, 6.07) is 2.08. The lowest BCUT2D eigenvalue weighted by atomic mass is 10.1. The van der Waals surface area contributed by atoms with E-state index in [1.54, 1.807) is 0 Å². The van der Waals surface area contributed by atoms with Gasteiger partial charge >= 0.3 is 0 Å². The van der Waals surface area contributed by atoms with Crippen molar-refractivity contribution in [1.29, 1.82) is 0 Å². The quantitative estimate of drug-likeness (QED) is 0.803. The molecule has 0 aliphatic carbocycles. The summed E-state index contributed by atoms with van der Waals surface area (Å²) in [5.41, 5.74) is 3.06. The maximum atomic E-state index is 12.3. The van der Waals surface area contributed by atoms with E-state index >= 15 is 0 Å². The second-order valence-corrected chi connectivity index (χ2v) is 5.19. The molecule has 2 heterocycles. The Morgan fingerprint density at radius 1 is 1.53 bits per heavy atom. The second-order valence-electron chi connectivity index (χ2n) is 4.63. The van der Waals surface area contributed by atoms with Gasteiger partial charge in [-0.2, -0.15) is 0 Å². The van der Waals surface area contributed by atoms with E-state index < -0.39 is 0 Å². The molecule has 17 heavy (non-hydrogen) atoms. The fourth-order valence-electron chi connectivity index (χ4n) is 2.35. The Morgan fingerprint density at radius 3 is 2.88 bits per heavy atom. The third kappa shape index (κ3) is 2.63. The highest BCUT2D eigenvalue weighted by molar-refractivity contribution is 9.08. The Bertz CT molecular complexity index is 461. The van der Waals surface area contributed by atoms with Crippen molar-refractivity contribution < 1.29 is 4.74 Å². The molecule has 94 valence electrons. The van der Waals surface area contributed by atoms with Gasteiger partial charge in [0.2, 0.25) is 0 Å². The molecule has 1 saturated heterocycles. The second kappa shape index (κ2) is 5.36. The SMILES string of the molecule is Cc1cc(C)n(CC2CCCO2)c(=O)c1CBr. The van der Waals surface area contributed by atoms with Crippen LogP contribution in [0.15, 0.2) is 10.9 Å². The predicted octanol–water partition coefficient (Wildman–Crippen LogP) is 2.54. The first kappa shape index (κ1) is 12.8. The number of hydrogen-bond acceptors (Lipinski definition) is 2. The van der Waals surface area contributed by atoms with Crippen molar-refractivity contribution in [2.75, 3.05) is 6.61 Å². The van der Waals surface area contributed by atoms with Crippen LogP contribution in [-0.4, -0.2) is 17.3 Å². The van der Waals surface area contributed by atoms with Gasteiger partial charge in [-0.05, 0) is 38.3 Å². The molecule has 0 saturated carbocycles. The molecule has 1 fully saturated rings. The van der Waals surface area contributed by atoms with Crippen molar-refractivity contribution >= 4 is 15.9 Å². The molecule has 0 spiro atoms. The smallest absolute Gasteiger partial charge is 0.255 e. The topological polar surface area (TPSA) is 31.2 Å². The van der Waals surface area contributed by atoms with E-state index in [1.165, 1.54) is 0 Å². The summed E-state index contributed by atoms with van der Waals surface area (Å²) >= 11 is 3.39. The number of aromatic nitrogens is 1. The molecule has 0 N–H and O–H groups in total. The largest absolute Gasteiger partial charge is 0.376 e. The van der Waals surface area contributed by atoms with Crippen molar-refractivity contribution in [3.05, 3.63) is 33.2 Å². The number of rotatable bonds is 3. The molecule has 3 nitrogen and oxygen atoms in total. The van der Waals surface area contributed by atoms with E-state index in [-0.39, 0.29) is 11.7 Å². The Balaban J connectivity index is 2.35. The molecule has 1 aromatic rings. The number of nitrogens with zero attached hydrogens (tertiary/aromatic N) is 1. The van der Waals surface area contributed by atoms with Crippen LogP contribution in [0.5, 0.6) is 0 Å². The Morgan fingerprint density at radius 2 is 2.29 bits per heavy atom. The van der Waals surface area contributed by atoms with Crippen LogP contribution in [0.3, 0.4) is 0 Å². The van der Waals surface area contributed by atoms with E-state index in [0.717, 1.165) is 36.3 Å². The molecule has 0 bridgehead atoms. The maximum absolute atomic E-state index is 12.3. The molecule has 1 atom stereocenters. The normalized spacial score (nSPS) is 19.8. The van der Waals surface area contributed by atoms with Crippen LogP contribution in [0.1, 0.15) is 29.7 Å². The Hall–Kier alpha value is -0.610. The number of alkyl halides is 1. The lowest BCUT2D eigenvalue weighted by Gasteiger charge is -2.16. The molecule has 1 unspecified atom stereocenters. The minimum absolute atomic E-state index is 0.120. The van der Waals surface area contributed by atoms with Crippen LogP contribution in [0, 0.1) is 13.8 Å². The van der Waals surface area contributed by atoms with Gasteiger partial charge in [0.05, 0.1) is 12.6 Å². The zero-order valence-electron chi connectivity index (χ0n) is 10.3. The van der Waals surface area contributed by atoms with Crippen LogP contribution >= 0.6 is 15.9 Å². The summed E-state index contributed by atoms with van der Waals surface area (Å²) in [6.07, 6.45) is 2.37. The highest BCUT2D eigenvalue weighted by Gasteiger charge is 2.18. The van der Waals surface area contributed by atoms with Gasteiger partial charge in [0.1, 0.15) is 0 Å². The van der Waals surface area contributed by atoms with Gasteiger partial charge in [-0.1, -0.05) is 15.9 Å². The predicted molar refractivity (Wildman–Crippen MR) is 71.8 cm³/mol. The van der Waals surface area contributed by atoms with Gasteiger partial charge in [0, 0.05) is 23.2 Å². The van der Waals surface area contributed by atoms with Gasteiger partial charge in [0.15, 0.2) is 0 Å². The lowest BCUT2D eigenvalue weighted by molar-refractivity contribution is 0.0956. The van der Waals surface area contributed by atoms with Crippen LogP contribution in [-0.2, 0) is 16.6 Å². The van der Waals surface area contributed by atoms with E-state index in [4.69, 9.17) is 4.74 Å². The van der Waals surface area contributed by atoms with Crippen LogP contribution in [0.2, 0.25) is 0 Å². The van der Waals surface area contributed by atoms with Gasteiger partial charge < -0.3 is 9.30 Å². The zero-order valence-corrected chi connectivity index (χ0v) is 11.9. The van der Waals surface area contributed by atoms with Crippen LogP contribution in [0.4, 0.5) is 0 Å². The molecule has 1 aromatic heterocycles. The minimum atomic E-state index is 0.120. The monoisotopic (exact) mass is 299 g/mol. The van der Waals surface area contributed by atoms with E-state index in [9.17, 15) is 4.79 Å². The number of halogens is 1. The average Bonchev–Trinajstić information content (AvgIpc) is 2.77. The van der Waals surface area contributed by atoms with Gasteiger partial charge in [0.25, 0.3) is 5.56 Å². The lowest BCUT2D eigenvalue weighted by Crippen LogP contribution is -2.30. The molecule has 4 heteroatoms. The van der Waals surface area contributed by atoms with Gasteiger partial charge in [-0.3, -0.25) is 4.79 Å². The first-order valence-electron chi connectivity index (χ1n) is 6.01.